The Kier molecular flexibility index (Phi) is 5.17. The van der Waals surface area contributed by atoms with Crippen LogP contribution in [0.15, 0.2) is 24.3 Å². The van der Waals surface area contributed by atoms with E-state index in [-0.39, 0.29) is 12.3 Å². The molecule has 0 spiro atoms. The van der Waals surface area contributed by atoms with E-state index in [2.05, 4.69) is 24.3 Å². The van der Waals surface area contributed by atoms with Crippen molar-refractivity contribution in [3.63, 3.8) is 0 Å². The minimum absolute atomic E-state index is 0.0300. The SMILES string of the molecule is CC(N)Cc1ccc(CCCC2OCCO2)cc1. The van der Waals surface area contributed by atoms with Crippen molar-refractivity contribution >= 4 is 0 Å². The van der Waals surface area contributed by atoms with Gasteiger partial charge in [-0.15, -0.1) is 0 Å². The van der Waals surface area contributed by atoms with Crippen molar-refractivity contribution in [2.75, 3.05) is 13.2 Å². The van der Waals surface area contributed by atoms with Gasteiger partial charge in [0.1, 0.15) is 0 Å². The first-order valence-electron chi connectivity index (χ1n) is 6.80. The Morgan fingerprint density at radius 3 is 2.39 bits per heavy atom. The van der Waals surface area contributed by atoms with Crippen molar-refractivity contribution in [3.05, 3.63) is 35.4 Å². The Morgan fingerprint density at radius 2 is 1.78 bits per heavy atom. The molecule has 0 aliphatic carbocycles. The second-order valence-electron chi connectivity index (χ2n) is 5.06. The van der Waals surface area contributed by atoms with Crippen LogP contribution in [0.25, 0.3) is 0 Å². The van der Waals surface area contributed by atoms with Crippen molar-refractivity contribution in [3.8, 4) is 0 Å². The summed E-state index contributed by atoms with van der Waals surface area (Å²) in [7, 11) is 0. The first kappa shape index (κ1) is 13.5. The smallest absolute Gasteiger partial charge is 0.157 e. The van der Waals surface area contributed by atoms with Gasteiger partial charge in [-0.25, -0.2) is 0 Å². The molecular weight excluding hydrogens is 226 g/mol. The van der Waals surface area contributed by atoms with Gasteiger partial charge in [-0.2, -0.15) is 0 Å². The van der Waals surface area contributed by atoms with Crippen LogP contribution in [0, 0.1) is 0 Å². The van der Waals surface area contributed by atoms with Crippen molar-refractivity contribution in [2.45, 2.75) is 44.9 Å². The standard InChI is InChI=1S/C15H23NO2/c1-12(16)11-14-7-5-13(6-8-14)3-2-4-15-17-9-10-18-15/h5-8,12,15H,2-4,9-11,16H2,1H3. The summed E-state index contributed by atoms with van der Waals surface area (Å²) in [5.41, 5.74) is 8.48. The molecule has 0 radical (unpaired) electrons. The third kappa shape index (κ3) is 4.41. The molecule has 0 saturated carbocycles. The van der Waals surface area contributed by atoms with Crippen LogP contribution in [0.3, 0.4) is 0 Å². The molecule has 0 aromatic heterocycles. The summed E-state index contributed by atoms with van der Waals surface area (Å²) in [4.78, 5) is 0. The predicted molar refractivity (Wildman–Crippen MR) is 72.4 cm³/mol. The van der Waals surface area contributed by atoms with Crippen molar-refractivity contribution in [1.29, 1.82) is 0 Å². The highest BCUT2D eigenvalue weighted by atomic mass is 16.7. The van der Waals surface area contributed by atoms with Crippen LogP contribution in [0.4, 0.5) is 0 Å². The molecule has 1 aliphatic rings. The molecule has 1 aliphatic heterocycles. The maximum Gasteiger partial charge on any atom is 0.157 e. The van der Waals surface area contributed by atoms with Gasteiger partial charge < -0.3 is 15.2 Å². The number of hydrogen-bond acceptors (Lipinski definition) is 3. The van der Waals surface area contributed by atoms with Crippen LogP contribution in [0.1, 0.15) is 30.9 Å². The summed E-state index contributed by atoms with van der Waals surface area (Å²) >= 11 is 0. The Bertz CT molecular complexity index is 342. The lowest BCUT2D eigenvalue weighted by Gasteiger charge is -2.09. The van der Waals surface area contributed by atoms with E-state index in [9.17, 15) is 0 Å². The fourth-order valence-electron chi connectivity index (χ4n) is 2.26. The van der Waals surface area contributed by atoms with Gasteiger partial charge in [0.25, 0.3) is 0 Å². The summed E-state index contributed by atoms with van der Waals surface area (Å²) in [6.07, 6.45) is 4.16. The van der Waals surface area contributed by atoms with E-state index in [0.29, 0.717) is 0 Å². The highest BCUT2D eigenvalue weighted by Gasteiger charge is 2.14. The highest BCUT2D eigenvalue weighted by molar-refractivity contribution is 5.23. The molecule has 0 bridgehead atoms. The monoisotopic (exact) mass is 249 g/mol. The third-order valence-electron chi connectivity index (χ3n) is 3.18. The van der Waals surface area contributed by atoms with E-state index in [4.69, 9.17) is 15.2 Å². The topological polar surface area (TPSA) is 44.5 Å². The molecule has 0 amide bonds. The van der Waals surface area contributed by atoms with Crippen LogP contribution < -0.4 is 5.73 Å². The zero-order chi connectivity index (χ0) is 12.8. The summed E-state index contributed by atoms with van der Waals surface area (Å²) < 4.78 is 10.8. The second-order valence-corrected chi connectivity index (χ2v) is 5.06. The van der Waals surface area contributed by atoms with E-state index >= 15 is 0 Å². The van der Waals surface area contributed by atoms with Crippen LogP contribution >= 0.6 is 0 Å². The maximum absolute atomic E-state index is 5.78. The zero-order valence-electron chi connectivity index (χ0n) is 11.1. The molecule has 1 heterocycles. The first-order chi connectivity index (χ1) is 8.74. The molecule has 1 aromatic rings. The van der Waals surface area contributed by atoms with Gasteiger partial charge in [-0.3, -0.25) is 0 Å². The third-order valence-corrected chi connectivity index (χ3v) is 3.18. The fraction of sp³-hybridized carbons (Fsp3) is 0.600. The first-order valence-corrected chi connectivity index (χ1v) is 6.80. The summed E-state index contributed by atoms with van der Waals surface area (Å²) in [5.74, 6) is 0. The number of hydrogen-bond donors (Lipinski definition) is 1. The molecule has 3 heteroatoms. The number of nitrogens with two attached hydrogens (primary N) is 1. The number of benzene rings is 1. The van der Waals surface area contributed by atoms with Gasteiger partial charge in [0, 0.05) is 6.04 Å². The summed E-state index contributed by atoms with van der Waals surface area (Å²) in [6, 6.07) is 9.00. The minimum atomic E-state index is 0.0300. The number of ether oxygens (including phenoxy) is 2. The van der Waals surface area contributed by atoms with Gasteiger partial charge >= 0.3 is 0 Å². The number of aryl methyl sites for hydroxylation is 1. The molecular formula is C15H23NO2. The van der Waals surface area contributed by atoms with E-state index in [1.54, 1.807) is 0 Å². The van der Waals surface area contributed by atoms with E-state index in [0.717, 1.165) is 38.9 Å². The minimum Gasteiger partial charge on any atom is -0.350 e. The van der Waals surface area contributed by atoms with Crippen molar-refractivity contribution < 1.29 is 9.47 Å². The maximum atomic E-state index is 5.78. The Morgan fingerprint density at radius 1 is 1.17 bits per heavy atom. The van der Waals surface area contributed by atoms with Gasteiger partial charge in [-0.1, -0.05) is 24.3 Å². The zero-order valence-corrected chi connectivity index (χ0v) is 11.1. The Labute approximate surface area is 109 Å². The largest absolute Gasteiger partial charge is 0.350 e. The van der Waals surface area contributed by atoms with Crippen molar-refractivity contribution in [2.24, 2.45) is 5.73 Å². The lowest BCUT2D eigenvalue weighted by Crippen LogP contribution is -2.17. The number of rotatable bonds is 6. The molecule has 3 nitrogen and oxygen atoms in total. The normalized spacial score (nSPS) is 18.1. The fourth-order valence-corrected chi connectivity index (χ4v) is 2.26. The predicted octanol–water partition coefficient (Wildman–Crippen LogP) is 2.27. The molecule has 1 unspecified atom stereocenters. The van der Waals surface area contributed by atoms with Crippen LogP contribution in [0.2, 0.25) is 0 Å². The van der Waals surface area contributed by atoms with Gasteiger partial charge in [0.2, 0.25) is 0 Å². The Balaban J connectivity index is 1.72. The van der Waals surface area contributed by atoms with Crippen LogP contribution in [-0.2, 0) is 22.3 Å². The lowest BCUT2D eigenvalue weighted by atomic mass is 10.0. The highest BCUT2D eigenvalue weighted by Crippen LogP contribution is 2.14. The molecule has 1 saturated heterocycles. The van der Waals surface area contributed by atoms with Crippen LogP contribution in [-0.4, -0.2) is 25.5 Å². The Hall–Kier alpha value is -0.900. The van der Waals surface area contributed by atoms with E-state index in [1.165, 1.54) is 11.1 Å². The van der Waals surface area contributed by atoms with E-state index < -0.39 is 0 Å². The van der Waals surface area contributed by atoms with E-state index in [1.807, 2.05) is 6.92 Å². The average molecular weight is 249 g/mol. The van der Waals surface area contributed by atoms with Gasteiger partial charge in [0.15, 0.2) is 6.29 Å². The molecule has 2 rings (SSSR count). The molecule has 18 heavy (non-hydrogen) atoms. The van der Waals surface area contributed by atoms with Gasteiger partial charge in [-0.05, 0) is 43.7 Å². The van der Waals surface area contributed by atoms with Gasteiger partial charge in [0.05, 0.1) is 13.2 Å². The molecule has 1 aromatic carbocycles. The second kappa shape index (κ2) is 6.88. The quantitative estimate of drug-likeness (QED) is 0.841. The molecule has 100 valence electrons. The molecule has 2 N–H and O–H groups in total. The molecule has 1 fully saturated rings. The van der Waals surface area contributed by atoms with Crippen molar-refractivity contribution in [1.82, 2.24) is 0 Å². The van der Waals surface area contributed by atoms with Crippen LogP contribution in [0.5, 0.6) is 0 Å². The molecule has 1 atom stereocenters. The summed E-state index contributed by atoms with van der Waals surface area (Å²) in [5, 5.41) is 0. The lowest BCUT2D eigenvalue weighted by molar-refractivity contribution is -0.0475. The summed E-state index contributed by atoms with van der Waals surface area (Å²) in [6.45, 7) is 3.53. The average Bonchev–Trinajstić information content (AvgIpc) is 2.84.